The second kappa shape index (κ2) is 8.18. The molecular formula is C23H24FN5O. The highest BCUT2D eigenvalue weighted by Gasteiger charge is 2.25. The second-order valence-corrected chi connectivity index (χ2v) is 7.57. The molecule has 0 bridgehead atoms. The summed E-state index contributed by atoms with van der Waals surface area (Å²) >= 11 is 0. The van der Waals surface area contributed by atoms with Crippen LogP contribution < -0.4 is 4.90 Å². The van der Waals surface area contributed by atoms with Crippen LogP contribution in [-0.2, 0) is 0 Å². The van der Waals surface area contributed by atoms with Crippen molar-refractivity contribution in [1.29, 1.82) is 0 Å². The largest absolute Gasteiger partial charge is 0.353 e. The summed E-state index contributed by atoms with van der Waals surface area (Å²) in [6.07, 6.45) is 3.48. The molecule has 1 aliphatic rings. The Kier molecular flexibility index (Phi) is 5.44. The fraction of sp³-hybridized carbons (Fsp3) is 0.304. The Labute approximate surface area is 175 Å². The summed E-state index contributed by atoms with van der Waals surface area (Å²) in [6, 6.07) is 8.46. The number of piperazine rings is 1. The predicted octanol–water partition coefficient (Wildman–Crippen LogP) is 3.57. The van der Waals surface area contributed by atoms with Gasteiger partial charge in [0.2, 0.25) is 0 Å². The number of carbonyl (C=O) groups excluding carboxylic acids is 1. The van der Waals surface area contributed by atoms with E-state index in [1.165, 1.54) is 6.07 Å². The Bertz CT molecular complexity index is 1080. The molecule has 154 valence electrons. The van der Waals surface area contributed by atoms with E-state index in [0.29, 0.717) is 43.1 Å². The molecule has 3 heterocycles. The minimum absolute atomic E-state index is 0.139. The molecule has 2 aromatic heterocycles. The first-order valence-corrected chi connectivity index (χ1v) is 10.00. The van der Waals surface area contributed by atoms with Crippen LogP contribution in [0.4, 0.5) is 10.2 Å². The van der Waals surface area contributed by atoms with Crippen molar-refractivity contribution in [2.24, 2.45) is 0 Å². The van der Waals surface area contributed by atoms with Crippen LogP contribution in [0.5, 0.6) is 0 Å². The number of carbonyl (C=O) groups is 1. The maximum Gasteiger partial charge on any atom is 0.254 e. The Balaban J connectivity index is 1.52. The molecule has 0 unspecified atom stereocenters. The molecule has 0 spiro atoms. The lowest BCUT2D eigenvalue weighted by molar-refractivity contribution is 0.0746. The van der Waals surface area contributed by atoms with Crippen molar-refractivity contribution in [3.05, 3.63) is 70.9 Å². The van der Waals surface area contributed by atoms with E-state index in [1.807, 2.05) is 26.0 Å². The maximum atomic E-state index is 13.9. The molecule has 6 nitrogen and oxygen atoms in total. The topological polar surface area (TPSA) is 62.2 Å². The molecule has 0 radical (unpaired) electrons. The van der Waals surface area contributed by atoms with Crippen LogP contribution in [-0.4, -0.2) is 51.9 Å². The smallest absolute Gasteiger partial charge is 0.254 e. The summed E-state index contributed by atoms with van der Waals surface area (Å²) in [5, 5.41) is 0. The van der Waals surface area contributed by atoms with Gasteiger partial charge in [0.1, 0.15) is 11.6 Å². The maximum absolute atomic E-state index is 13.9. The summed E-state index contributed by atoms with van der Waals surface area (Å²) in [4.78, 5) is 30.3. The zero-order chi connectivity index (χ0) is 21.3. The third-order valence-electron chi connectivity index (χ3n) is 5.57. The summed E-state index contributed by atoms with van der Waals surface area (Å²) in [7, 11) is 0. The Morgan fingerprint density at radius 3 is 2.47 bits per heavy atom. The number of hydrogen-bond acceptors (Lipinski definition) is 5. The second-order valence-electron chi connectivity index (χ2n) is 7.57. The third-order valence-corrected chi connectivity index (χ3v) is 5.57. The van der Waals surface area contributed by atoms with Gasteiger partial charge in [0.15, 0.2) is 5.82 Å². The summed E-state index contributed by atoms with van der Waals surface area (Å²) in [5.41, 5.74) is 3.75. The Morgan fingerprint density at radius 2 is 1.80 bits per heavy atom. The number of amides is 1. The number of aromatic nitrogens is 3. The van der Waals surface area contributed by atoms with Gasteiger partial charge in [0.25, 0.3) is 5.91 Å². The quantitative estimate of drug-likeness (QED) is 0.667. The van der Waals surface area contributed by atoms with Crippen LogP contribution in [0.1, 0.15) is 27.2 Å². The number of nitrogens with zero attached hydrogens (tertiary/aromatic N) is 5. The first kappa shape index (κ1) is 19.9. The molecule has 0 aliphatic carbocycles. The number of halogens is 1. The average Bonchev–Trinajstić information content (AvgIpc) is 2.77. The molecule has 1 aromatic carbocycles. The van der Waals surface area contributed by atoms with E-state index in [2.05, 4.69) is 14.9 Å². The molecule has 0 atom stereocenters. The van der Waals surface area contributed by atoms with E-state index in [1.54, 1.807) is 36.4 Å². The predicted molar refractivity (Wildman–Crippen MR) is 114 cm³/mol. The number of aryl methyl sites for hydroxylation is 2. The fourth-order valence-electron chi connectivity index (χ4n) is 3.58. The molecule has 1 fully saturated rings. The van der Waals surface area contributed by atoms with Crippen LogP contribution in [0.15, 0.2) is 42.7 Å². The molecule has 3 aromatic rings. The van der Waals surface area contributed by atoms with Crippen LogP contribution in [0.25, 0.3) is 11.4 Å². The van der Waals surface area contributed by atoms with Crippen molar-refractivity contribution < 1.29 is 9.18 Å². The molecule has 1 saturated heterocycles. The van der Waals surface area contributed by atoms with E-state index in [4.69, 9.17) is 4.98 Å². The van der Waals surface area contributed by atoms with Gasteiger partial charge in [-0.3, -0.25) is 9.78 Å². The van der Waals surface area contributed by atoms with Crippen LogP contribution in [0, 0.1) is 26.6 Å². The minimum Gasteiger partial charge on any atom is -0.353 e. The lowest BCUT2D eigenvalue weighted by Crippen LogP contribution is -2.49. The number of hydrogen-bond donors (Lipinski definition) is 0. The highest BCUT2D eigenvalue weighted by molar-refractivity contribution is 5.94. The van der Waals surface area contributed by atoms with Crippen molar-refractivity contribution in [3.8, 4) is 11.4 Å². The van der Waals surface area contributed by atoms with Crippen LogP contribution in [0.2, 0.25) is 0 Å². The molecule has 1 amide bonds. The number of anilines is 1. The van der Waals surface area contributed by atoms with Gasteiger partial charge >= 0.3 is 0 Å². The molecule has 0 saturated carbocycles. The Hall–Kier alpha value is -3.35. The van der Waals surface area contributed by atoms with Crippen LogP contribution >= 0.6 is 0 Å². The van der Waals surface area contributed by atoms with Crippen molar-refractivity contribution in [2.75, 3.05) is 31.1 Å². The zero-order valence-corrected chi connectivity index (χ0v) is 17.4. The van der Waals surface area contributed by atoms with Crippen molar-refractivity contribution >= 4 is 11.7 Å². The number of rotatable bonds is 3. The van der Waals surface area contributed by atoms with Crippen molar-refractivity contribution in [2.45, 2.75) is 20.8 Å². The molecule has 4 rings (SSSR count). The average molecular weight is 405 g/mol. The normalized spacial score (nSPS) is 14.1. The summed E-state index contributed by atoms with van der Waals surface area (Å²) in [5.74, 6) is 1.04. The fourth-order valence-corrected chi connectivity index (χ4v) is 3.58. The van der Waals surface area contributed by atoms with E-state index < -0.39 is 0 Å². The van der Waals surface area contributed by atoms with E-state index in [-0.39, 0.29) is 11.7 Å². The van der Waals surface area contributed by atoms with E-state index in [9.17, 15) is 9.18 Å². The van der Waals surface area contributed by atoms with Crippen molar-refractivity contribution in [1.82, 2.24) is 19.9 Å². The highest BCUT2D eigenvalue weighted by Crippen LogP contribution is 2.25. The van der Waals surface area contributed by atoms with Gasteiger partial charge in [0.05, 0.1) is 0 Å². The summed E-state index contributed by atoms with van der Waals surface area (Å²) in [6.45, 7) is 8.11. The molecule has 0 N–H and O–H groups in total. The van der Waals surface area contributed by atoms with Gasteiger partial charge in [-0.25, -0.2) is 14.4 Å². The zero-order valence-electron chi connectivity index (χ0n) is 17.4. The number of pyridine rings is 1. The number of benzene rings is 1. The first-order chi connectivity index (χ1) is 14.4. The monoisotopic (exact) mass is 405 g/mol. The first-order valence-electron chi connectivity index (χ1n) is 10.00. The van der Waals surface area contributed by atoms with Gasteiger partial charge in [-0.1, -0.05) is 6.07 Å². The van der Waals surface area contributed by atoms with Gasteiger partial charge in [-0.15, -0.1) is 0 Å². The SMILES string of the molecule is Cc1ccc(C(=O)N2CCN(c3nc(-c4cccnc4)nc(C)c3C)CC2)cc1F. The lowest BCUT2D eigenvalue weighted by atomic mass is 10.1. The summed E-state index contributed by atoms with van der Waals surface area (Å²) < 4.78 is 13.9. The standard InChI is InChI=1S/C23H24FN5O/c1-15-6-7-18(13-20(15)24)23(30)29-11-9-28(10-12-29)22-16(2)17(3)26-21(27-22)19-5-4-8-25-14-19/h4-8,13-14H,9-12H2,1-3H3. The lowest BCUT2D eigenvalue weighted by Gasteiger charge is -2.36. The van der Waals surface area contributed by atoms with Gasteiger partial charge in [-0.05, 0) is 50.6 Å². The van der Waals surface area contributed by atoms with E-state index >= 15 is 0 Å². The van der Waals surface area contributed by atoms with E-state index in [0.717, 1.165) is 22.6 Å². The van der Waals surface area contributed by atoms with Crippen LogP contribution in [0.3, 0.4) is 0 Å². The Morgan fingerprint density at radius 1 is 1.03 bits per heavy atom. The van der Waals surface area contributed by atoms with Gasteiger partial charge < -0.3 is 9.80 Å². The third kappa shape index (κ3) is 3.87. The minimum atomic E-state index is -0.352. The highest BCUT2D eigenvalue weighted by atomic mass is 19.1. The van der Waals surface area contributed by atoms with Gasteiger partial charge in [-0.2, -0.15) is 0 Å². The molecular weight excluding hydrogens is 381 g/mol. The van der Waals surface area contributed by atoms with Gasteiger partial charge in [0, 0.05) is 61.0 Å². The molecule has 1 aliphatic heterocycles. The molecule has 7 heteroatoms. The molecule has 30 heavy (non-hydrogen) atoms. The van der Waals surface area contributed by atoms with Crippen molar-refractivity contribution in [3.63, 3.8) is 0 Å².